The number of carbonyl (C=O) groups is 1. The van der Waals surface area contributed by atoms with Gasteiger partial charge < -0.3 is 15.6 Å². The van der Waals surface area contributed by atoms with E-state index >= 15 is 0 Å². The number of nitrogens with zero attached hydrogens (tertiary/aromatic N) is 1. The molecule has 0 amide bonds. The molecule has 0 fully saturated rings. The van der Waals surface area contributed by atoms with Crippen molar-refractivity contribution in [3.8, 4) is 0 Å². The molecule has 0 bridgehead atoms. The van der Waals surface area contributed by atoms with Gasteiger partial charge in [-0.3, -0.25) is 0 Å². The van der Waals surface area contributed by atoms with Crippen LogP contribution in [0.2, 0.25) is 0 Å². The second-order valence-electron chi connectivity index (χ2n) is 2.14. The van der Waals surface area contributed by atoms with Crippen molar-refractivity contribution in [1.82, 2.24) is 4.98 Å². The monoisotopic (exact) mass is 158 g/mol. The Kier molecular flexibility index (Phi) is 4.41. The summed E-state index contributed by atoms with van der Waals surface area (Å²) in [4.78, 5) is 13.8. The van der Waals surface area contributed by atoms with Crippen LogP contribution in [0.25, 0.3) is 0 Å². The minimum atomic E-state index is -1.11. The van der Waals surface area contributed by atoms with E-state index in [1.165, 1.54) is 6.20 Å². The van der Waals surface area contributed by atoms with Crippen molar-refractivity contribution < 1.29 is 28.8 Å². The molecule has 0 unspecified atom stereocenters. The fraction of sp³-hybridized carbons (Fsp3) is 0.143. The summed E-state index contributed by atoms with van der Waals surface area (Å²) in [6.07, 6.45) is 1.30. The Bertz CT molecular complexity index is 261. The first-order valence-electron chi connectivity index (χ1n) is 3.09. The minimum Gasteiger partial charge on any atom is -0.550 e. The van der Waals surface area contributed by atoms with Crippen LogP contribution in [0.4, 0.5) is 5.82 Å². The SMILES string of the molecule is Nc1ccc(CC(=O)[O-])cn1.[Li+]. The van der Waals surface area contributed by atoms with Crippen LogP contribution >= 0.6 is 0 Å². The Labute approximate surface area is 82.0 Å². The van der Waals surface area contributed by atoms with E-state index in [0.29, 0.717) is 11.4 Å². The molecule has 5 heteroatoms. The van der Waals surface area contributed by atoms with Crippen LogP contribution < -0.4 is 29.7 Å². The summed E-state index contributed by atoms with van der Waals surface area (Å²) in [6, 6.07) is 3.16. The summed E-state index contributed by atoms with van der Waals surface area (Å²) in [5.41, 5.74) is 5.88. The van der Waals surface area contributed by atoms with Crippen molar-refractivity contribution >= 4 is 11.8 Å². The average molecular weight is 158 g/mol. The number of nitrogens with two attached hydrogens (primary N) is 1. The van der Waals surface area contributed by atoms with Gasteiger partial charge in [0.05, 0.1) is 0 Å². The van der Waals surface area contributed by atoms with Gasteiger partial charge in [-0.05, 0) is 11.6 Å². The van der Waals surface area contributed by atoms with Gasteiger partial charge in [-0.15, -0.1) is 0 Å². The van der Waals surface area contributed by atoms with Gasteiger partial charge in [-0.2, -0.15) is 0 Å². The molecule has 0 saturated carbocycles. The van der Waals surface area contributed by atoms with E-state index < -0.39 is 5.97 Å². The zero-order chi connectivity index (χ0) is 8.27. The van der Waals surface area contributed by atoms with Crippen LogP contribution in [0, 0.1) is 0 Å². The number of carbonyl (C=O) groups excluding carboxylic acids is 1. The Hall–Kier alpha value is -0.983. The molecule has 4 nitrogen and oxygen atoms in total. The van der Waals surface area contributed by atoms with Gasteiger partial charge in [-0.1, -0.05) is 6.07 Å². The van der Waals surface area contributed by atoms with Gasteiger partial charge in [0.2, 0.25) is 0 Å². The van der Waals surface area contributed by atoms with E-state index in [-0.39, 0.29) is 25.3 Å². The number of nitrogen functional groups attached to an aromatic ring is 1. The minimum absolute atomic E-state index is 0. The second kappa shape index (κ2) is 4.81. The Morgan fingerprint density at radius 3 is 2.67 bits per heavy atom. The van der Waals surface area contributed by atoms with Crippen LogP contribution in [0.5, 0.6) is 0 Å². The predicted molar refractivity (Wildman–Crippen MR) is 37.4 cm³/mol. The van der Waals surface area contributed by atoms with Gasteiger partial charge in [0, 0.05) is 18.6 Å². The molecule has 0 aliphatic heterocycles. The Morgan fingerprint density at radius 2 is 2.25 bits per heavy atom. The molecule has 12 heavy (non-hydrogen) atoms. The molecular formula is C7H7LiN2O2. The molecule has 0 atom stereocenters. The molecule has 1 aromatic heterocycles. The molecule has 0 radical (unpaired) electrons. The van der Waals surface area contributed by atoms with Crippen LogP contribution in [0.15, 0.2) is 18.3 Å². The maximum absolute atomic E-state index is 10.1. The van der Waals surface area contributed by atoms with E-state index in [2.05, 4.69) is 4.98 Å². The summed E-state index contributed by atoms with van der Waals surface area (Å²) in [6.45, 7) is 0. The zero-order valence-electron chi connectivity index (χ0n) is 6.78. The first-order valence-corrected chi connectivity index (χ1v) is 3.09. The molecule has 0 spiro atoms. The summed E-state index contributed by atoms with van der Waals surface area (Å²) >= 11 is 0. The molecule has 2 N–H and O–H groups in total. The van der Waals surface area contributed by atoms with Crippen LogP contribution in [0.1, 0.15) is 5.56 Å². The third-order valence-corrected chi connectivity index (χ3v) is 1.20. The molecular weight excluding hydrogens is 151 g/mol. The van der Waals surface area contributed by atoms with Crippen LogP contribution in [0.3, 0.4) is 0 Å². The Balaban J connectivity index is 0.00000121. The number of carboxylic acids is 1. The molecule has 58 valence electrons. The summed E-state index contributed by atoms with van der Waals surface area (Å²) in [5.74, 6) is -0.733. The molecule has 0 saturated heterocycles. The average Bonchev–Trinajstić information content (AvgIpc) is 1.93. The molecule has 1 aromatic rings. The zero-order valence-corrected chi connectivity index (χ0v) is 6.78. The third-order valence-electron chi connectivity index (χ3n) is 1.20. The molecule has 0 aliphatic rings. The number of pyridine rings is 1. The van der Waals surface area contributed by atoms with Gasteiger partial charge in [0.15, 0.2) is 0 Å². The van der Waals surface area contributed by atoms with E-state index in [1.807, 2.05) is 0 Å². The number of hydrogen-bond acceptors (Lipinski definition) is 4. The maximum Gasteiger partial charge on any atom is 1.00 e. The predicted octanol–water partition coefficient (Wildman–Crippen LogP) is -4.04. The van der Waals surface area contributed by atoms with Gasteiger partial charge >= 0.3 is 18.9 Å². The number of anilines is 1. The van der Waals surface area contributed by atoms with Gasteiger partial charge in [0.25, 0.3) is 0 Å². The Morgan fingerprint density at radius 1 is 1.58 bits per heavy atom. The van der Waals surface area contributed by atoms with Gasteiger partial charge in [0.1, 0.15) is 5.82 Å². The van der Waals surface area contributed by atoms with Crippen molar-refractivity contribution in [1.29, 1.82) is 0 Å². The van der Waals surface area contributed by atoms with Gasteiger partial charge in [-0.25, -0.2) is 4.98 Å². The first kappa shape index (κ1) is 11.0. The number of rotatable bonds is 2. The van der Waals surface area contributed by atoms with Crippen molar-refractivity contribution in [2.45, 2.75) is 6.42 Å². The van der Waals surface area contributed by atoms with E-state index in [4.69, 9.17) is 5.73 Å². The van der Waals surface area contributed by atoms with Crippen molar-refractivity contribution in [2.24, 2.45) is 0 Å². The third kappa shape index (κ3) is 3.42. The molecule has 1 heterocycles. The van der Waals surface area contributed by atoms with Crippen molar-refractivity contribution in [3.63, 3.8) is 0 Å². The number of aromatic nitrogens is 1. The summed E-state index contributed by atoms with van der Waals surface area (Å²) < 4.78 is 0. The standard InChI is InChI=1S/C7H8N2O2.Li/c8-6-2-1-5(4-9-6)3-7(10)11;/h1-2,4H,3H2,(H2,8,9)(H,10,11);/q;+1/p-1. The van der Waals surface area contributed by atoms with E-state index in [9.17, 15) is 9.90 Å². The largest absolute Gasteiger partial charge is 1.00 e. The van der Waals surface area contributed by atoms with E-state index in [0.717, 1.165) is 0 Å². The maximum atomic E-state index is 10.1. The molecule has 0 aliphatic carbocycles. The topological polar surface area (TPSA) is 79.0 Å². The van der Waals surface area contributed by atoms with Crippen LogP contribution in [-0.4, -0.2) is 11.0 Å². The number of carboxylic acid groups (broad SMARTS) is 1. The second-order valence-corrected chi connectivity index (χ2v) is 2.14. The fourth-order valence-corrected chi connectivity index (χ4v) is 0.707. The molecule has 0 aromatic carbocycles. The number of hydrogen-bond donors (Lipinski definition) is 1. The summed E-state index contributed by atoms with van der Waals surface area (Å²) in [7, 11) is 0. The fourth-order valence-electron chi connectivity index (χ4n) is 0.707. The normalized spacial score (nSPS) is 8.67. The molecule has 1 rings (SSSR count). The summed E-state index contributed by atoms with van der Waals surface area (Å²) in [5, 5.41) is 10.1. The number of aliphatic carboxylic acids is 1. The van der Waals surface area contributed by atoms with Crippen molar-refractivity contribution in [3.05, 3.63) is 23.9 Å². The van der Waals surface area contributed by atoms with Crippen molar-refractivity contribution in [2.75, 3.05) is 5.73 Å². The van der Waals surface area contributed by atoms with E-state index in [1.54, 1.807) is 12.1 Å². The van der Waals surface area contributed by atoms with Crippen LogP contribution in [-0.2, 0) is 11.2 Å². The quantitative estimate of drug-likeness (QED) is 0.444. The first-order chi connectivity index (χ1) is 5.18. The smallest absolute Gasteiger partial charge is 0.550 e.